The van der Waals surface area contributed by atoms with Crippen LogP contribution in [0.2, 0.25) is 0 Å². The Hall–Kier alpha value is -0.870. The third kappa shape index (κ3) is 3.89. The minimum atomic E-state index is 0.686. The van der Waals surface area contributed by atoms with Crippen molar-refractivity contribution in [3.63, 3.8) is 0 Å². The molecule has 0 bridgehead atoms. The summed E-state index contributed by atoms with van der Waals surface area (Å²) < 4.78 is 10.7. The number of hydrogen-bond acceptors (Lipinski definition) is 4. The Kier molecular flexibility index (Phi) is 5.25. The van der Waals surface area contributed by atoms with Crippen molar-refractivity contribution in [3.8, 4) is 0 Å². The minimum Gasteiger partial charge on any atom is -0.444 e. The highest BCUT2D eigenvalue weighted by Crippen LogP contribution is 2.06. The van der Waals surface area contributed by atoms with Gasteiger partial charge in [-0.15, -0.1) is 0 Å². The molecule has 0 amide bonds. The quantitative estimate of drug-likeness (QED) is 0.672. The maximum atomic E-state index is 5.48. The second kappa shape index (κ2) is 6.56. The van der Waals surface area contributed by atoms with Crippen LogP contribution in [0.1, 0.15) is 25.0 Å². The van der Waals surface area contributed by atoms with E-state index in [4.69, 9.17) is 9.15 Å². The molecule has 1 N–H and O–H groups in total. The van der Waals surface area contributed by atoms with Crippen molar-refractivity contribution in [3.05, 3.63) is 17.8 Å². The number of ether oxygens (including phenoxy) is 1. The highest BCUT2D eigenvalue weighted by molar-refractivity contribution is 4.94. The summed E-state index contributed by atoms with van der Waals surface area (Å²) in [6, 6.07) is 0. The van der Waals surface area contributed by atoms with Crippen molar-refractivity contribution < 1.29 is 9.15 Å². The van der Waals surface area contributed by atoms with Crippen molar-refractivity contribution in [1.82, 2.24) is 10.3 Å². The molecule has 0 fully saturated rings. The molecule has 80 valence electrons. The van der Waals surface area contributed by atoms with Gasteiger partial charge in [0.2, 0.25) is 5.89 Å². The van der Waals surface area contributed by atoms with Gasteiger partial charge in [0.05, 0.1) is 12.7 Å². The molecular formula is C10H18N2O2. The Morgan fingerprint density at radius 2 is 2.43 bits per heavy atom. The van der Waals surface area contributed by atoms with Gasteiger partial charge in [0.25, 0.3) is 0 Å². The molecule has 14 heavy (non-hydrogen) atoms. The topological polar surface area (TPSA) is 47.3 Å². The molecule has 0 aliphatic carbocycles. The van der Waals surface area contributed by atoms with E-state index < -0.39 is 0 Å². The van der Waals surface area contributed by atoms with Crippen LogP contribution in [0, 0.1) is 0 Å². The molecule has 0 radical (unpaired) electrons. The summed E-state index contributed by atoms with van der Waals surface area (Å²) in [7, 11) is 1.87. The lowest BCUT2D eigenvalue weighted by Crippen LogP contribution is -2.04. The zero-order valence-electron chi connectivity index (χ0n) is 8.88. The molecule has 0 aliphatic heterocycles. The van der Waals surface area contributed by atoms with E-state index in [0.717, 1.165) is 37.7 Å². The van der Waals surface area contributed by atoms with E-state index in [2.05, 4.69) is 10.3 Å². The number of oxazole rings is 1. The van der Waals surface area contributed by atoms with Crippen LogP contribution in [0.5, 0.6) is 0 Å². The van der Waals surface area contributed by atoms with Crippen LogP contribution in [-0.2, 0) is 17.7 Å². The Morgan fingerprint density at radius 1 is 1.57 bits per heavy atom. The second-order valence-electron chi connectivity index (χ2n) is 3.05. The molecule has 0 aromatic carbocycles. The maximum Gasteiger partial charge on any atom is 0.208 e. The number of aromatic nitrogens is 1. The first-order valence-corrected chi connectivity index (χ1v) is 5.02. The van der Waals surface area contributed by atoms with Gasteiger partial charge in [-0.3, -0.25) is 0 Å². The molecule has 4 heteroatoms. The van der Waals surface area contributed by atoms with Crippen LogP contribution in [0.4, 0.5) is 0 Å². The molecule has 1 aromatic heterocycles. The molecule has 0 atom stereocenters. The molecule has 0 aliphatic rings. The van der Waals surface area contributed by atoms with E-state index in [9.17, 15) is 0 Å². The Bertz CT molecular complexity index is 248. The summed E-state index contributed by atoms with van der Waals surface area (Å²) in [6.45, 7) is 4.25. The van der Waals surface area contributed by atoms with Crippen LogP contribution in [0.25, 0.3) is 0 Å². The van der Waals surface area contributed by atoms with Gasteiger partial charge in [0, 0.05) is 19.6 Å². The fourth-order valence-corrected chi connectivity index (χ4v) is 1.19. The van der Waals surface area contributed by atoms with Crippen molar-refractivity contribution in [2.45, 2.75) is 26.3 Å². The normalized spacial score (nSPS) is 10.7. The lowest BCUT2D eigenvalue weighted by molar-refractivity contribution is 0.144. The second-order valence-corrected chi connectivity index (χ2v) is 3.05. The van der Waals surface area contributed by atoms with E-state index in [0.29, 0.717) is 6.54 Å². The molecule has 0 unspecified atom stereocenters. The number of rotatable bonds is 7. The van der Waals surface area contributed by atoms with Gasteiger partial charge < -0.3 is 14.5 Å². The van der Waals surface area contributed by atoms with Gasteiger partial charge in [-0.1, -0.05) is 0 Å². The van der Waals surface area contributed by atoms with Gasteiger partial charge in [0.15, 0.2) is 0 Å². The number of nitrogens with zero attached hydrogens (tertiary/aromatic N) is 1. The van der Waals surface area contributed by atoms with E-state index in [1.54, 1.807) is 6.20 Å². The Balaban J connectivity index is 2.22. The number of nitrogens with one attached hydrogen (secondary N) is 1. The van der Waals surface area contributed by atoms with Gasteiger partial charge in [-0.05, 0) is 20.4 Å². The van der Waals surface area contributed by atoms with Gasteiger partial charge in [0.1, 0.15) is 5.76 Å². The Labute approximate surface area is 84.7 Å². The first kappa shape index (κ1) is 11.2. The first-order valence-electron chi connectivity index (χ1n) is 5.02. The van der Waals surface area contributed by atoms with Gasteiger partial charge >= 0.3 is 0 Å². The van der Waals surface area contributed by atoms with Crippen LogP contribution in [0.15, 0.2) is 10.6 Å². The number of aryl methyl sites for hydroxylation is 1. The number of hydrogen-bond donors (Lipinski definition) is 1. The average Bonchev–Trinajstić information content (AvgIpc) is 2.61. The lowest BCUT2D eigenvalue weighted by atomic mass is 10.3. The largest absolute Gasteiger partial charge is 0.444 e. The minimum absolute atomic E-state index is 0.686. The van der Waals surface area contributed by atoms with E-state index >= 15 is 0 Å². The van der Waals surface area contributed by atoms with Crippen molar-refractivity contribution in [2.24, 2.45) is 0 Å². The van der Waals surface area contributed by atoms with Crippen LogP contribution >= 0.6 is 0 Å². The SMILES string of the molecule is CCOCCCc1cnc(CNC)o1. The zero-order valence-corrected chi connectivity index (χ0v) is 8.88. The fourth-order valence-electron chi connectivity index (χ4n) is 1.19. The van der Waals surface area contributed by atoms with Gasteiger partial charge in [-0.25, -0.2) is 4.98 Å². The summed E-state index contributed by atoms with van der Waals surface area (Å²) >= 11 is 0. The molecule has 1 aromatic rings. The smallest absolute Gasteiger partial charge is 0.208 e. The van der Waals surface area contributed by atoms with Gasteiger partial charge in [-0.2, -0.15) is 0 Å². The zero-order chi connectivity index (χ0) is 10.2. The van der Waals surface area contributed by atoms with Crippen LogP contribution in [0.3, 0.4) is 0 Å². The summed E-state index contributed by atoms with van der Waals surface area (Å²) in [4.78, 5) is 4.13. The highest BCUT2D eigenvalue weighted by Gasteiger charge is 2.02. The molecule has 0 saturated heterocycles. The standard InChI is InChI=1S/C10H18N2O2/c1-3-13-6-4-5-9-7-12-10(14-9)8-11-2/h7,11H,3-6,8H2,1-2H3. The maximum absolute atomic E-state index is 5.48. The summed E-state index contributed by atoms with van der Waals surface area (Å²) in [6.07, 6.45) is 3.68. The third-order valence-electron chi connectivity index (χ3n) is 1.85. The predicted octanol–water partition coefficient (Wildman–Crippen LogP) is 1.36. The monoisotopic (exact) mass is 198 g/mol. The van der Waals surface area contributed by atoms with Crippen LogP contribution in [-0.4, -0.2) is 25.2 Å². The molecule has 0 saturated carbocycles. The summed E-state index contributed by atoms with van der Waals surface area (Å²) in [5.41, 5.74) is 0. The third-order valence-corrected chi connectivity index (χ3v) is 1.85. The summed E-state index contributed by atoms with van der Waals surface area (Å²) in [5, 5.41) is 2.99. The predicted molar refractivity (Wildman–Crippen MR) is 54.1 cm³/mol. The van der Waals surface area contributed by atoms with Crippen molar-refractivity contribution in [2.75, 3.05) is 20.3 Å². The molecule has 4 nitrogen and oxygen atoms in total. The molecule has 0 spiro atoms. The average molecular weight is 198 g/mol. The van der Waals surface area contributed by atoms with E-state index in [1.165, 1.54) is 0 Å². The Morgan fingerprint density at radius 3 is 3.14 bits per heavy atom. The van der Waals surface area contributed by atoms with Crippen LogP contribution < -0.4 is 5.32 Å². The van der Waals surface area contributed by atoms with E-state index in [-0.39, 0.29) is 0 Å². The molecular weight excluding hydrogens is 180 g/mol. The summed E-state index contributed by atoms with van der Waals surface area (Å²) in [5.74, 6) is 1.69. The van der Waals surface area contributed by atoms with E-state index in [1.807, 2.05) is 14.0 Å². The van der Waals surface area contributed by atoms with Crippen molar-refractivity contribution >= 4 is 0 Å². The fraction of sp³-hybridized carbons (Fsp3) is 0.700. The van der Waals surface area contributed by atoms with Crippen molar-refractivity contribution in [1.29, 1.82) is 0 Å². The lowest BCUT2D eigenvalue weighted by Gasteiger charge is -1.98. The molecule has 1 heterocycles. The highest BCUT2D eigenvalue weighted by atomic mass is 16.5. The molecule has 1 rings (SSSR count). The first-order chi connectivity index (χ1) is 6.86.